The normalized spacial score (nSPS) is 12.9. The van der Waals surface area contributed by atoms with Crippen molar-refractivity contribution in [2.45, 2.75) is 4.33 Å². The summed E-state index contributed by atoms with van der Waals surface area (Å²) < 4.78 is 8.50. The highest BCUT2D eigenvalue weighted by atomic mass is 35.5. The second-order valence-corrected chi connectivity index (χ2v) is 7.82. The lowest BCUT2D eigenvalue weighted by molar-refractivity contribution is 0.416. The Labute approximate surface area is 186 Å². The molecule has 0 saturated heterocycles. The fourth-order valence-corrected chi connectivity index (χ4v) is 3.08. The summed E-state index contributed by atoms with van der Waals surface area (Å²) in [6, 6.07) is 9.88. The topological polar surface area (TPSA) is 43.2 Å². The van der Waals surface area contributed by atoms with Crippen LogP contribution in [-0.4, -0.2) is 28.9 Å². The van der Waals surface area contributed by atoms with Crippen LogP contribution in [0.2, 0.25) is 10.0 Å². The molecule has 2 rings (SSSR count). The maximum atomic E-state index is 6.30. The summed E-state index contributed by atoms with van der Waals surface area (Å²) in [5.41, 5.74) is 0.649. The SMILES string of the molecule is COc1c(Cl)cccc1/N=C(\Cl)C(Cl)(Cl)/C(Cl)=N\c1cccc(Cl)c1OC. The number of para-hydroxylation sites is 2. The minimum absolute atomic E-state index is 0.249. The van der Waals surface area contributed by atoms with E-state index in [1.807, 2.05) is 0 Å². The Morgan fingerprint density at radius 1 is 0.778 bits per heavy atom. The van der Waals surface area contributed by atoms with Crippen LogP contribution in [0.3, 0.4) is 0 Å². The summed E-state index contributed by atoms with van der Waals surface area (Å²) in [5, 5.41) is 0.199. The second kappa shape index (κ2) is 9.55. The van der Waals surface area contributed by atoms with Gasteiger partial charge in [0.1, 0.15) is 21.7 Å². The van der Waals surface area contributed by atoms with Gasteiger partial charge < -0.3 is 9.47 Å². The Morgan fingerprint density at radius 2 is 1.15 bits per heavy atom. The summed E-state index contributed by atoms with van der Waals surface area (Å²) in [6.45, 7) is 0. The molecular formula is C17H12Cl6N2O2. The molecule has 0 spiro atoms. The molecule has 0 amide bonds. The predicted molar refractivity (Wildman–Crippen MR) is 116 cm³/mol. The molecule has 0 N–H and O–H groups in total. The van der Waals surface area contributed by atoms with Crippen LogP contribution in [0.1, 0.15) is 0 Å². The van der Waals surface area contributed by atoms with Crippen LogP contribution < -0.4 is 9.47 Å². The predicted octanol–water partition coefficient (Wildman–Crippen LogP) is 7.42. The van der Waals surface area contributed by atoms with Crippen LogP contribution in [0, 0.1) is 0 Å². The first-order valence-corrected chi connectivity index (χ1v) is 9.51. The van der Waals surface area contributed by atoms with Gasteiger partial charge in [-0.2, -0.15) is 0 Å². The highest BCUT2D eigenvalue weighted by Gasteiger charge is 2.36. The molecule has 0 heterocycles. The van der Waals surface area contributed by atoms with Crippen molar-refractivity contribution >= 4 is 91.3 Å². The molecule has 2 aromatic carbocycles. The van der Waals surface area contributed by atoms with Crippen LogP contribution in [0.15, 0.2) is 46.4 Å². The van der Waals surface area contributed by atoms with E-state index in [1.54, 1.807) is 36.4 Å². The van der Waals surface area contributed by atoms with Crippen molar-refractivity contribution in [2.75, 3.05) is 14.2 Å². The lowest BCUT2D eigenvalue weighted by Gasteiger charge is -2.17. The first-order valence-electron chi connectivity index (χ1n) is 7.24. The second-order valence-electron chi connectivity index (χ2n) is 4.96. The number of ether oxygens (including phenoxy) is 2. The van der Waals surface area contributed by atoms with E-state index < -0.39 is 4.33 Å². The monoisotopic (exact) mass is 486 g/mol. The third kappa shape index (κ3) is 5.14. The average Bonchev–Trinajstić information content (AvgIpc) is 2.62. The van der Waals surface area contributed by atoms with E-state index in [9.17, 15) is 0 Å². The lowest BCUT2D eigenvalue weighted by atomic mass is 10.3. The van der Waals surface area contributed by atoms with Gasteiger partial charge in [-0.1, -0.05) is 81.7 Å². The molecule has 0 aromatic heterocycles. The van der Waals surface area contributed by atoms with Gasteiger partial charge in [0.25, 0.3) is 0 Å². The fraction of sp³-hybridized carbons (Fsp3) is 0.176. The minimum atomic E-state index is -1.93. The van der Waals surface area contributed by atoms with Crippen LogP contribution in [0.25, 0.3) is 0 Å². The molecule has 0 aliphatic carbocycles. The molecule has 2 aromatic rings. The van der Waals surface area contributed by atoms with Crippen LogP contribution in [-0.2, 0) is 0 Å². The molecule has 0 radical (unpaired) electrons. The summed E-state index contributed by atoms with van der Waals surface area (Å²) in [4.78, 5) is 8.34. The molecule has 4 nitrogen and oxygen atoms in total. The van der Waals surface area contributed by atoms with Gasteiger partial charge >= 0.3 is 0 Å². The molecule has 0 bridgehead atoms. The maximum absolute atomic E-state index is 6.30. The van der Waals surface area contributed by atoms with Crippen LogP contribution in [0.5, 0.6) is 11.5 Å². The Morgan fingerprint density at radius 3 is 1.48 bits per heavy atom. The van der Waals surface area contributed by atoms with E-state index >= 15 is 0 Å². The van der Waals surface area contributed by atoms with Crippen molar-refractivity contribution in [3.05, 3.63) is 46.4 Å². The van der Waals surface area contributed by atoms with Crippen molar-refractivity contribution in [2.24, 2.45) is 9.98 Å². The number of benzene rings is 2. The minimum Gasteiger partial charge on any atom is -0.493 e. The van der Waals surface area contributed by atoms with E-state index in [2.05, 4.69) is 9.98 Å². The van der Waals surface area contributed by atoms with Gasteiger partial charge in [-0.05, 0) is 24.3 Å². The molecule has 27 heavy (non-hydrogen) atoms. The van der Waals surface area contributed by atoms with Crippen LogP contribution in [0.4, 0.5) is 11.4 Å². The van der Waals surface area contributed by atoms with Gasteiger partial charge in [0.2, 0.25) is 4.33 Å². The summed E-state index contributed by atoms with van der Waals surface area (Å²) >= 11 is 37.2. The van der Waals surface area contributed by atoms with Crippen molar-refractivity contribution in [1.82, 2.24) is 0 Å². The summed E-state index contributed by atoms with van der Waals surface area (Å²) in [5.74, 6) is 0.622. The molecule has 0 fully saturated rings. The number of hydrogen-bond donors (Lipinski definition) is 0. The van der Waals surface area contributed by atoms with Crippen molar-refractivity contribution in [3.63, 3.8) is 0 Å². The van der Waals surface area contributed by atoms with Crippen molar-refractivity contribution in [1.29, 1.82) is 0 Å². The zero-order chi connectivity index (χ0) is 20.2. The molecule has 10 heteroatoms. The quantitative estimate of drug-likeness (QED) is 0.313. The number of rotatable bonds is 6. The summed E-state index contributed by atoms with van der Waals surface area (Å²) in [6.07, 6.45) is 0. The van der Waals surface area contributed by atoms with Gasteiger partial charge in [-0.25, -0.2) is 9.98 Å². The van der Waals surface area contributed by atoms with Gasteiger partial charge in [0, 0.05) is 0 Å². The molecular weight excluding hydrogens is 477 g/mol. The van der Waals surface area contributed by atoms with Crippen molar-refractivity contribution < 1.29 is 9.47 Å². The zero-order valence-corrected chi connectivity index (χ0v) is 18.5. The average molecular weight is 489 g/mol. The van der Waals surface area contributed by atoms with Gasteiger partial charge in [0.05, 0.1) is 24.3 Å². The third-order valence-electron chi connectivity index (χ3n) is 3.26. The molecule has 0 unspecified atom stereocenters. The number of aliphatic imine (C=N–C) groups is 2. The maximum Gasteiger partial charge on any atom is 0.222 e. The van der Waals surface area contributed by atoms with Gasteiger partial charge in [-0.15, -0.1) is 0 Å². The smallest absolute Gasteiger partial charge is 0.222 e. The first-order chi connectivity index (χ1) is 12.7. The Kier molecular flexibility index (Phi) is 7.93. The van der Waals surface area contributed by atoms with Crippen molar-refractivity contribution in [3.8, 4) is 11.5 Å². The molecule has 0 atom stereocenters. The van der Waals surface area contributed by atoms with E-state index in [1.165, 1.54) is 14.2 Å². The van der Waals surface area contributed by atoms with Crippen LogP contribution >= 0.6 is 69.6 Å². The first kappa shape index (κ1) is 22.4. The largest absolute Gasteiger partial charge is 0.493 e. The number of alkyl halides is 2. The molecule has 0 saturated carbocycles. The standard InChI is InChI=1S/C17H12Cl6N2O2/c1-26-13-9(18)5-3-7-11(13)24-15(20)17(22,23)16(21)25-12-8-4-6-10(19)14(12)27-2/h3-8H,1-2H3/b24-15-,25-16+. The van der Waals surface area contributed by atoms with E-state index in [-0.39, 0.29) is 10.3 Å². The van der Waals surface area contributed by atoms with Gasteiger partial charge in [-0.3, -0.25) is 0 Å². The fourth-order valence-electron chi connectivity index (χ4n) is 2.01. The highest BCUT2D eigenvalue weighted by Crippen LogP contribution is 2.40. The summed E-state index contributed by atoms with van der Waals surface area (Å²) in [7, 11) is 2.89. The molecule has 0 aliphatic heterocycles. The van der Waals surface area contributed by atoms with E-state index in [4.69, 9.17) is 79.1 Å². The molecule has 0 aliphatic rings. The van der Waals surface area contributed by atoms with E-state index in [0.717, 1.165) is 0 Å². The molecule has 144 valence electrons. The van der Waals surface area contributed by atoms with E-state index in [0.29, 0.717) is 32.9 Å². The number of halogens is 6. The third-order valence-corrected chi connectivity index (χ3v) is 5.69. The highest BCUT2D eigenvalue weighted by molar-refractivity contribution is 6.93. The zero-order valence-electron chi connectivity index (χ0n) is 13.9. The number of methoxy groups -OCH3 is 2. The number of hydrogen-bond acceptors (Lipinski definition) is 4. The Bertz CT molecular complexity index is 827. The Hall–Kier alpha value is -0.880. The van der Waals surface area contributed by atoms with Gasteiger partial charge in [0.15, 0.2) is 11.5 Å². The lowest BCUT2D eigenvalue weighted by Crippen LogP contribution is -2.28. The number of nitrogens with zero attached hydrogens (tertiary/aromatic N) is 2. The Balaban J connectivity index is 2.45.